The Morgan fingerprint density at radius 3 is 3.00 bits per heavy atom. The van der Waals surface area contributed by atoms with Crippen LogP contribution in [-0.2, 0) is 0 Å². The summed E-state index contributed by atoms with van der Waals surface area (Å²) in [6.45, 7) is 2.30. The van der Waals surface area contributed by atoms with Crippen molar-refractivity contribution in [3.8, 4) is 0 Å². The highest BCUT2D eigenvalue weighted by molar-refractivity contribution is 5.92. The van der Waals surface area contributed by atoms with E-state index in [-0.39, 0.29) is 11.9 Å². The van der Waals surface area contributed by atoms with Crippen molar-refractivity contribution in [2.45, 2.75) is 56.5 Å². The topological polar surface area (TPSA) is 58.4 Å². The zero-order valence-electron chi connectivity index (χ0n) is 11.7. The van der Waals surface area contributed by atoms with Crippen LogP contribution in [0.2, 0.25) is 0 Å². The summed E-state index contributed by atoms with van der Waals surface area (Å²) in [5.41, 5.74) is 0.446. The average molecular weight is 275 g/mol. The zero-order chi connectivity index (χ0) is 13.5. The minimum absolute atomic E-state index is 0.0712. The number of hydrogen-bond acceptors (Lipinski definition) is 4. The van der Waals surface area contributed by atoms with Gasteiger partial charge in [-0.25, -0.2) is 0 Å². The molecule has 0 aromatic carbocycles. The van der Waals surface area contributed by atoms with Crippen LogP contribution in [0.1, 0.15) is 60.7 Å². The van der Waals surface area contributed by atoms with Gasteiger partial charge in [0, 0.05) is 30.6 Å². The molecule has 1 aliphatic carbocycles. The van der Waals surface area contributed by atoms with Gasteiger partial charge >= 0.3 is 0 Å². The van der Waals surface area contributed by atoms with Gasteiger partial charge in [0.2, 0.25) is 0 Å². The van der Waals surface area contributed by atoms with E-state index in [0.29, 0.717) is 17.7 Å². The summed E-state index contributed by atoms with van der Waals surface area (Å²) in [5.74, 6) is 1.31. The first-order valence-corrected chi connectivity index (χ1v) is 7.83. The number of amides is 1. The van der Waals surface area contributed by atoms with Gasteiger partial charge in [-0.1, -0.05) is 11.6 Å². The third kappa shape index (κ3) is 2.24. The average Bonchev–Trinajstić information content (AvgIpc) is 3.06. The van der Waals surface area contributed by atoms with E-state index in [2.05, 4.69) is 15.4 Å². The molecule has 1 aromatic heterocycles. The van der Waals surface area contributed by atoms with E-state index < -0.39 is 0 Å². The molecule has 2 saturated heterocycles. The lowest BCUT2D eigenvalue weighted by Crippen LogP contribution is -2.46. The van der Waals surface area contributed by atoms with Gasteiger partial charge in [-0.05, 0) is 38.6 Å². The van der Waals surface area contributed by atoms with Gasteiger partial charge in [0.25, 0.3) is 5.91 Å². The van der Waals surface area contributed by atoms with Gasteiger partial charge < -0.3 is 9.84 Å². The number of carbonyl (C=O) groups is 1. The third-order valence-electron chi connectivity index (χ3n) is 4.91. The SMILES string of the molecule is O=C(N[C@H]1CCN2CCCC[C@@H]12)c1cc(C2CC2)on1. The standard InChI is InChI=1S/C15H21N3O2/c19-15(12-9-14(20-17-12)10-4-5-10)16-11-6-8-18-7-2-1-3-13(11)18/h9-11,13H,1-8H2,(H,16,19)/t11-,13-/m0/s1. The second kappa shape index (κ2) is 4.88. The molecule has 1 saturated carbocycles. The molecule has 3 heterocycles. The molecule has 2 aliphatic heterocycles. The smallest absolute Gasteiger partial charge is 0.273 e. The number of rotatable bonds is 3. The van der Waals surface area contributed by atoms with Crippen molar-refractivity contribution in [3.05, 3.63) is 17.5 Å². The van der Waals surface area contributed by atoms with E-state index >= 15 is 0 Å². The largest absolute Gasteiger partial charge is 0.360 e. The molecule has 1 aromatic rings. The van der Waals surface area contributed by atoms with Crippen molar-refractivity contribution in [2.24, 2.45) is 0 Å². The molecule has 20 heavy (non-hydrogen) atoms. The maximum absolute atomic E-state index is 12.3. The molecule has 3 aliphatic rings. The number of hydrogen-bond donors (Lipinski definition) is 1. The van der Waals surface area contributed by atoms with Crippen molar-refractivity contribution in [1.29, 1.82) is 0 Å². The Hall–Kier alpha value is -1.36. The quantitative estimate of drug-likeness (QED) is 0.915. The predicted molar refractivity (Wildman–Crippen MR) is 73.6 cm³/mol. The van der Waals surface area contributed by atoms with E-state index in [1.807, 2.05) is 6.07 Å². The van der Waals surface area contributed by atoms with E-state index in [1.165, 1.54) is 25.8 Å². The minimum Gasteiger partial charge on any atom is -0.360 e. The van der Waals surface area contributed by atoms with E-state index in [1.54, 1.807) is 0 Å². The summed E-state index contributed by atoms with van der Waals surface area (Å²) in [5, 5.41) is 7.09. The molecule has 0 bridgehead atoms. The number of fused-ring (bicyclic) bond motifs is 1. The van der Waals surface area contributed by atoms with Crippen LogP contribution in [0.3, 0.4) is 0 Å². The van der Waals surface area contributed by atoms with Crippen molar-refractivity contribution in [3.63, 3.8) is 0 Å². The fraction of sp³-hybridized carbons (Fsp3) is 0.733. The van der Waals surface area contributed by atoms with Crippen molar-refractivity contribution in [2.75, 3.05) is 13.1 Å². The molecule has 1 amide bonds. The lowest BCUT2D eigenvalue weighted by Gasteiger charge is -2.32. The molecular weight excluding hydrogens is 254 g/mol. The van der Waals surface area contributed by atoms with E-state index in [4.69, 9.17) is 4.52 Å². The number of aromatic nitrogens is 1. The number of nitrogens with zero attached hydrogens (tertiary/aromatic N) is 2. The first-order valence-electron chi connectivity index (χ1n) is 7.83. The Morgan fingerprint density at radius 1 is 1.25 bits per heavy atom. The first kappa shape index (κ1) is 12.4. The minimum atomic E-state index is -0.0712. The molecule has 2 atom stereocenters. The maximum atomic E-state index is 12.3. The van der Waals surface area contributed by atoms with Crippen LogP contribution in [0.15, 0.2) is 10.6 Å². The van der Waals surface area contributed by atoms with Crippen LogP contribution in [0.5, 0.6) is 0 Å². The maximum Gasteiger partial charge on any atom is 0.273 e. The Kier molecular flexibility index (Phi) is 3.02. The van der Waals surface area contributed by atoms with Gasteiger partial charge in [-0.3, -0.25) is 9.69 Å². The third-order valence-corrected chi connectivity index (χ3v) is 4.91. The van der Waals surface area contributed by atoms with Gasteiger partial charge in [-0.2, -0.15) is 0 Å². The van der Waals surface area contributed by atoms with Gasteiger partial charge in [0.15, 0.2) is 5.69 Å². The van der Waals surface area contributed by atoms with E-state index in [0.717, 1.165) is 31.6 Å². The van der Waals surface area contributed by atoms with Gasteiger partial charge in [0.05, 0.1) is 0 Å². The normalized spacial score (nSPS) is 30.2. The van der Waals surface area contributed by atoms with Crippen LogP contribution >= 0.6 is 0 Å². The summed E-state index contributed by atoms with van der Waals surface area (Å²) in [7, 11) is 0. The molecule has 0 spiro atoms. The van der Waals surface area contributed by atoms with Crippen LogP contribution < -0.4 is 5.32 Å². The summed E-state index contributed by atoms with van der Waals surface area (Å²) >= 11 is 0. The van der Waals surface area contributed by atoms with Gasteiger partial charge in [0.1, 0.15) is 5.76 Å². The molecule has 1 N–H and O–H groups in total. The van der Waals surface area contributed by atoms with Crippen molar-refractivity contribution >= 4 is 5.91 Å². The van der Waals surface area contributed by atoms with Crippen LogP contribution in [-0.4, -0.2) is 41.1 Å². The van der Waals surface area contributed by atoms with Crippen molar-refractivity contribution in [1.82, 2.24) is 15.4 Å². The molecule has 5 nitrogen and oxygen atoms in total. The summed E-state index contributed by atoms with van der Waals surface area (Å²) < 4.78 is 5.26. The second-order valence-corrected chi connectivity index (χ2v) is 6.36. The highest BCUT2D eigenvalue weighted by Crippen LogP contribution is 2.40. The fourth-order valence-electron chi connectivity index (χ4n) is 3.61. The Morgan fingerprint density at radius 2 is 2.15 bits per heavy atom. The molecule has 108 valence electrons. The highest BCUT2D eigenvalue weighted by atomic mass is 16.5. The molecule has 0 radical (unpaired) electrons. The Bertz CT molecular complexity index is 509. The molecule has 3 fully saturated rings. The highest BCUT2D eigenvalue weighted by Gasteiger charge is 2.37. The first-order chi connectivity index (χ1) is 9.81. The zero-order valence-corrected chi connectivity index (χ0v) is 11.7. The van der Waals surface area contributed by atoms with Gasteiger partial charge in [-0.15, -0.1) is 0 Å². The number of piperidine rings is 1. The fourth-order valence-corrected chi connectivity index (χ4v) is 3.61. The van der Waals surface area contributed by atoms with E-state index in [9.17, 15) is 4.79 Å². The monoisotopic (exact) mass is 275 g/mol. The van der Waals surface area contributed by atoms with Crippen LogP contribution in [0.4, 0.5) is 0 Å². The Balaban J connectivity index is 1.41. The molecule has 4 rings (SSSR count). The van der Waals surface area contributed by atoms with Crippen LogP contribution in [0.25, 0.3) is 0 Å². The second-order valence-electron chi connectivity index (χ2n) is 6.36. The molecule has 0 unspecified atom stereocenters. The van der Waals surface area contributed by atoms with Crippen molar-refractivity contribution < 1.29 is 9.32 Å². The predicted octanol–water partition coefficient (Wildman–Crippen LogP) is 1.91. The number of carbonyl (C=O) groups excluding carboxylic acids is 1. The lowest BCUT2D eigenvalue weighted by molar-refractivity contribution is 0.0906. The Labute approximate surface area is 118 Å². The summed E-state index contributed by atoms with van der Waals surface area (Å²) in [4.78, 5) is 14.8. The summed E-state index contributed by atoms with van der Waals surface area (Å²) in [6, 6.07) is 2.63. The lowest BCUT2D eigenvalue weighted by atomic mass is 9.99. The molecule has 5 heteroatoms. The number of nitrogens with one attached hydrogen (secondary N) is 1. The summed E-state index contributed by atoms with van der Waals surface area (Å²) in [6.07, 6.45) is 7.17. The van der Waals surface area contributed by atoms with Crippen LogP contribution in [0, 0.1) is 0 Å². The molecular formula is C15H21N3O2.